The Morgan fingerprint density at radius 2 is 2.20 bits per heavy atom. The van der Waals surface area contributed by atoms with Gasteiger partial charge in [0.1, 0.15) is 0 Å². The van der Waals surface area contributed by atoms with Gasteiger partial charge in [0.2, 0.25) is 0 Å². The second-order valence-electron chi connectivity index (χ2n) is 3.69. The molecule has 4 heteroatoms. The van der Waals surface area contributed by atoms with Gasteiger partial charge in [0, 0.05) is 25.0 Å². The first-order valence-electron chi connectivity index (χ1n) is 5.09. The molecule has 0 unspecified atom stereocenters. The molecule has 1 aromatic rings. The van der Waals surface area contributed by atoms with Crippen LogP contribution in [0.4, 0.5) is 0 Å². The Labute approximate surface area is 96.3 Å². The molecule has 0 aliphatic rings. The SMILES string of the molecule is CNCc1ccc(SCCN(C)C)nc1. The maximum Gasteiger partial charge on any atom is 0.0960 e. The Hall–Kier alpha value is -0.580. The summed E-state index contributed by atoms with van der Waals surface area (Å²) in [6.45, 7) is 1.97. The minimum absolute atomic E-state index is 0.885. The van der Waals surface area contributed by atoms with Crippen molar-refractivity contribution in [2.75, 3.05) is 33.4 Å². The zero-order valence-electron chi connectivity index (χ0n) is 9.66. The van der Waals surface area contributed by atoms with Gasteiger partial charge in [0.15, 0.2) is 0 Å². The number of aromatic nitrogens is 1. The molecule has 0 aliphatic carbocycles. The molecular weight excluding hydrogens is 206 g/mol. The molecule has 1 N–H and O–H groups in total. The van der Waals surface area contributed by atoms with Crippen LogP contribution in [0.1, 0.15) is 5.56 Å². The molecule has 0 radical (unpaired) electrons. The summed E-state index contributed by atoms with van der Waals surface area (Å²) in [5, 5.41) is 4.22. The van der Waals surface area contributed by atoms with Crippen LogP contribution in [-0.4, -0.2) is 43.3 Å². The summed E-state index contributed by atoms with van der Waals surface area (Å²) in [5.74, 6) is 1.09. The average Bonchev–Trinajstić information content (AvgIpc) is 2.20. The van der Waals surface area contributed by atoms with Crippen LogP contribution in [0.25, 0.3) is 0 Å². The fourth-order valence-electron chi connectivity index (χ4n) is 1.14. The third-order valence-electron chi connectivity index (χ3n) is 1.97. The van der Waals surface area contributed by atoms with Crippen LogP contribution in [0.3, 0.4) is 0 Å². The van der Waals surface area contributed by atoms with Gasteiger partial charge < -0.3 is 10.2 Å². The number of hydrogen-bond acceptors (Lipinski definition) is 4. The number of nitrogens with one attached hydrogen (secondary N) is 1. The molecule has 1 heterocycles. The molecule has 0 saturated carbocycles. The Kier molecular flexibility index (Phi) is 5.68. The molecule has 3 nitrogen and oxygen atoms in total. The molecule has 0 aromatic carbocycles. The highest BCUT2D eigenvalue weighted by molar-refractivity contribution is 7.99. The summed E-state index contributed by atoms with van der Waals surface area (Å²) in [6, 6.07) is 4.22. The summed E-state index contributed by atoms with van der Waals surface area (Å²) in [5.41, 5.74) is 1.23. The van der Waals surface area contributed by atoms with E-state index in [2.05, 4.69) is 41.4 Å². The minimum atomic E-state index is 0.885. The van der Waals surface area contributed by atoms with Gasteiger partial charge in [-0.05, 0) is 32.8 Å². The summed E-state index contributed by atoms with van der Waals surface area (Å²) < 4.78 is 0. The van der Waals surface area contributed by atoms with Crippen molar-refractivity contribution in [1.29, 1.82) is 0 Å². The molecule has 0 bridgehead atoms. The minimum Gasteiger partial charge on any atom is -0.316 e. The number of hydrogen-bond donors (Lipinski definition) is 1. The number of thioether (sulfide) groups is 1. The van der Waals surface area contributed by atoms with Gasteiger partial charge in [0.25, 0.3) is 0 Å². The van der Waals surface area contributed by atoms with Crippen molar-refractivity contribution in [3.8, 4) is 0 Å². The van der Waals surface area contributed by atoms with Crippen molar-refractivity contribution in [3.05, 3.63) is 23.9 Å². The molecule has 0 aliphatic heterocycles. The molecule has 84 valence electrons. The van der Waals surface area contributed by atoms with Crippen LogP contribution < -0.4 is 5.32 Å². The highest BCUT2D eigenvalue weighted by atomic mass is 32.2. The predicted molar refractivity (Wildman–Crippen MR) is 66.3 cm³/mol. The quantitative estimate of drug-likeness (QED) is 0.742. The lowest BCUT2D eigenvalue weighted by Crippen LogP contribution is -2.14. The largest absolute Gasteiger partial charge is 0.316 e. The van der Waals surface area contributed by atoms with Gasteiger partial charge in [-0.1, -0.05) is 6.07 Å². The zero-order chi connectivity index (χ0) is 11.1. The van der Waals surface area contributed by atoms with E-state index in [-0.39, 0.29) is 0 Å². The second kappa shape index (κ2) is 6.82. The van der Waals surface area contributed by atoms with Crippen LogP contribution >= 0.6 is 11.8 Å². The van der Waals surface area contributed by atoms with Crippen LogP contribution in [0.2, 0.25) is 0 Å². The van der Waals surface area contributed by atoms with Gasteiger partial charge in [0.05, 0.1) is 5.03 Å². The molecule has 0 saturated heterocycles. The first kappa shape index (κ1) is 12.5. The van der Waals surface area contributed by atoms with Crippen molar-refractivity contribution >= 4 is 11.8 Å². The van der Waals surface area contributed by atoms with Crippen LogP contribution in [-0.2, 0) is 6.54 Å². The second-order valence-corrected chi connectivity index (χ2v) is 4.80. The molecule has 0 atom stereocenters. The van der Waals surface area contributed by atoms with Crippen LogP contribution in [0.5, 0.6) is 0 Å². The lowest BCUT2D eigenvalue weighted by atomic mass is 10.3. The molecule has 0 fully saturated rings. The standard InChI is InChI=1S/C11H19N3S/c1-12-8-10-4-5-11(13-9-10)15-7-6-14(2)3/h4-5,9,12H,6-8H2,1-3H3. The smallest absolute Gasteiger partial charge is 0.0960 e. The third-order valence-corrected chi connectivity index (χ3v) is 2.89. The van der Waals surface area contributed by atoms with Crippen molar-refractivity contribution in [1.82, 2.24) is 15.2 Å². The summed E-state index contributed by atoms with van der Waals surface area (Å²) in [6.07, 6.45) is 1.94. The number of nitrogens with zero attached hydrogens (tertiary/aromatic N) is 2. The van der Waals surface area contributed by atoms with E-state index >= 15 is 0 Å². The summed E-state index contributed by atoms with van der Waals surface area (Å²) >= 11 is 1.80. The zero-order valence-corrected chi connectivity index (χ0v) is 10.5. The summed E-state index contributed by atoms with van der Waals surface area (Å²) in [4.78, 5) is 6.58. The van der Waals surface area contributed by atoms with Crippen molar-refractivity contribution in [2.24, 2.45) is 0 Å². The van der Waals surface area contributed by atoms with Gasteiger partial charge in [-0.3, -0.25) is 0 Å². The molecular formula is C11H19N3S. The van der Waals surface area contributed by atoms with Gasteiger partial charge in [-0.2, -0.15) is 0 Å². The molecule has 1 rings (SSSR count). The topological polar surface area (TPSA) is 28.2 Å². The van der Waals surface area contributed by atoms with Gasteiger partial charge in [-0.25, -0.2) is 4.98 Å². The van der Waals surface area contributed by atoms with Crippen LogP contribution in [0.15, 0.2) is 23.4 Å². The molecule has 0 spiro atoms. The van der Waals surface area contributed by atoms with E-state index in [1.54, 1.807) is 11.8 Å². The van der Waals surface area contributed by atoms with E-state index in [4.69, 9.17) is 0 Å². The van der Waals surface area contributed by atoms with Gasteiger partial charge >= 0.3 is 0 Å². The van der Waals surface area contributed by atoms with Crippen molar-refractivity contribution in [2.45, 2.75) is 11.6 Å². The van der Waals surface area contributed by atoms with Crippen molar-refractivity contribution in [3.63, 3.8) is 0 Å². The first-order chi connectivity index (χ1) is 7.22. The highest BCUT2D eigenvalue weighted by Crippen LogP contribution is 2.14. The van der Waals surface area contributed by atoms with Crippen molar-refractivity contribution < 1.29 is 0 Å². The Bertz CT molecular complexity index is 272. The average molecular weight is 225 g/mol. The van der Waals surface area contributed by atoms with E-state index in [9.17, 15) is 0 Å². The monoisotopic (exact) mass is 225 g/mol. The molecule has 15 heavy (non-hydrogen) atoms. The fourth-order valence-corrected chi connectivity index (χ4v) is 2.09. The third kappa shape index (κ3) is 5.16. The lowest BCUT2D eigenvalue weighted by Gasteiger charge is -2.08. The fraction of sp³-hybridized carbons (Fsp3) is 0.545. The number of rotatable bonds is 6. The Morgan fingerprint density at radius 3 is 2.73 bits per heavy atom. The number of pyridine rings is 1. The van der Waals surface area contributed by atoms with E-state index in [1.165, 1.54) is 5.56 Å². The summed E-state index contributed by atoms with van der Waals surface area (Å²) in [7, 11) is 6.12. The Morgan fingerprint density at radius 1 is 1.40 bits per heavy atom. The molecule has 0 amide bonds. The normalized spacial score (nSPS) is 10.9. The highest BCUT2D eigenvalue weighted by Gasteiger charge is 1.97. The van der Waals surface area contributed by atoms with Gasteiger partial charge in [-0.15, -0.1) is 11.8 Å². The lowest BCUT2D eigenvalue weighted by molar-refractivity contribution is 0.437. The Balaban J connectivity index is 2.36. The van der Waals surface area contributed by atoms with E-state index in [0.717, 1.165) is 23.9 Å². The van der Waals surface area contributed by atoms with Crippen LogP contribution in [0, 0.1) is 0 Å². The van der Waals surface area contributed by atoms with E-state index < -0.39 is 0 Å². The van der Waals surface area contributed by atoms with E-state index in [1.807, 2.05) is 13.2 Å². The maximum absolute atomic E-state index is 4.40. The predicted octanol–water partition coefficient (Wildman–Crippen LogP) is 1.45. The molecule has 1 aromatic heterocycles. The maximum atomic E-state index is 4.40. The van der Waals surface area contributed by atoms with E-state index in [0.29, 0.717) is 0 Å². The first-order valence-corrected chi connectivity index (χ1v) is 6.08.